The number of esters is 1. The Hall–Kier alpha value is -2.16. The van der Waals surface area contributed by atoms with E-state index < -0.39 is 28.6 Å². The molecule has 3 rings (SSSR count). The van der Waals surface area contributed by atoms with Gasteiger partial charge in [0.2, 0.25) is 0 Å². The molecular weight excluding hydrogens is 530 g/mol. The lowest BCUT2D eigenvalue weighted by atomic mass is 9.83. The minimum atomic E-state index is -1.38. The first-order valence-electron chi connectivity index (χ1n) is 11.6. The quantitative estimate of drug-likeness (QED) is 0.326. The number of hydrogen-bond donors (Lipinski definition) is 1. The summed E-state index contributed by atoms with van der Waals surface area (Å²) in [7, 11) is 0. The zero-order valence-corrected chi connectivity index (χ0v) is 24.0. The molecule has 0 spiro atoms. The molecule has 35 heavy (non-hydrogen) atoms. The number of aromatic hydroxyl groups is 1. The molecule has 1 aromatic carbocycles. The molecule has 0 aliphatic carbocycles. The molecule has 0 unspecified atom stereocenters. The van der Waals surface area contributed by atoms with Crippen LogP contribution in [0.15, 0.2) is 38.9 Å². The molecule has 6 nitrogen and oxygen atoms in total. The van der Waals surface area contributed by atoms with Crippen molar-refractivity contribution < 1.29 is 19.4 Å². The van der Waals surface area contributed by atoms with E-state index in [1.807, 2.05) is 51.1 Å². The highest BCUT2D eigenvalue weighted by atomic mass is 79.9. The molecule has 2 aromatic heterocycles. The highest BCUT2D eigenvalue weighted by Crippen LogP contribution is 2.43. The average molecular weight is 565 g/mol. The minimum Gasteiger partial charge on any atom is -0.507 e. The first-order valence-corrected chi connectivity index (χ1v) is 13.2. The van der Waals surface area contributed by atoms with E-state index in [9.17, 15) is 14.7 Å². The van der Waals surface area contributed by atoms with Gasteiger partial charge in [-0.2, -0.15) is 0 Å². The zero-order valence-electron chi connectivity index (χ0n) is 21.6. The van der Waals surface area contributed by atoms with E-state index in [1.54, 1.807) is 39.2 Å². The summed E-state index contributed by atoms with van der Waals surface area (Å²) in [5, 5.41) is 11.9. The third-order valence-electron chi connectivity index (χ3n) is 5.74. The van der Waals surface area contributed by atoms with E-state index in [0.29, 0.717) is 10.2 Å². The number of aromatic nitrogens is 1. The summed E-state index contributed by atoms with van der Waals surface area (Å²) < 4.78 is 14.3. The summed E-state index contributed by atoms with van der Waals surface area (Å²) in [4.78, 5) is 27.8. The number of nitrogens with zero attached hydrogens (tertiary/aromatic N) is 1. The third kappa shape index (κ3) is 5.65. The lowest BCUT2D eigenvalue weighted by molar-refractivity contribution is -0.161. The van der Waals surface area contributed by atoms with Crippen LogP contribution >= 0.6 is 27.3 Å². The number of benzene rings is 1. The fourth-order valence-electron chi connectivity index (χ4n) is 4.02. The van der Waals surface area contributed by atoms with Gasteiger partial charge in [0, 0.05) is 0 Å². The van der Waals surface area contributed by atoms with Crippen molar-refractivity contribution in [2.75, 3.05) is 0 Å². The Balaban J connectivity index is 2.28. The number of aryl methyl sites for hydroxylation is 1. The Labute approximate surface area is 219 Å². The summed E-state index contributed by atoms with van der Waals surface area (Å²) in [6, 6.07) is 9.74. The van der Waals surface area contributed by atoms with Crippen molar-refractivity contribution >= 4 is 43.5 Å². The maximum Gasteiger partial charge on any atom is 0.316 e. The first-order chi connectivity index (χ1) is 16.1. The number of pyridine rings is 1. The molecule has 1 atom stereocenters. The van der Waals surface area contributed by atoms with Crippen LogP contribution in [0.1, 0.15) is 71.3 Å². The van der Waals surface area contributed by atoms with Crippen molar-refractivity contribution in [2.24, 2.45) is 0 Å². The molecule has 0 bridgehead atoms. The van der Waals surface area contributed by atoms with Gasteiger partial charge in [-0.15, -0.1) is 11.3 Å². The van der Waals surface area contributed by atoms with Crippen LogP contribution in [0.25, 0.3) is 10.2 Å². The van der Waals surface area contributed by atoms with Gasteiger partial charge in [-0.1, -0.05) is 30.3 Å². The molecule has 190 valence electrons. The van der Waals surface area contributed by atoms with Gasteiger partial charge in [0.1, 0.15) is 22.3 Å². The second kappa shape index (κ2) is 10.1. The maximum absolute atomic E-state index is 14.0. The molecule has 2 heterocycles. The number of fused-ring (bicyclic) bond motifs is 1. The number of halogens is 1. The number of thiophene rings is 1. The topological polar surface area (TPSA) is 77.8 Å². The van der Waals surface area contributed by atoms with Crippen molar-refractivity contribution in [1.29, 1.82) is 0 Å². The zero-order chi connectivity index (χ0) is 26.3. The Morgan fingerprint density at radius 1 is 1.14 bits per heavy atom. The van der Waals surface area contributed by atoms with E-state index >= 15 is 0 Å². The third-order valence-corrected chi connectivity index (χ3v) is 7.92. The minimum absolute atomic E-state index is 0.0176. The van der Waals surface area contributed by atoms with E-state index in [2.05, 4.69) is 15.9 Å². The molecular formula is C27H34BrNO5S. The first kappa shape index (κ1) is 27.4. The fraction of sp³-hybridized carbons (Fsp3) is 0.481. The normalized spacial score (nSPS) is 13.4. The smallest absolute Gasteiger partial charge is 0.316 e. The van der Waals surface area contributed by atoms with Crippen molar-refractivity contribution in [3.63, 3.8) is 0 Å². The Morgan fingerprint density at radius 3 is 2.29 bits per heavy atom. The van der Waals surface area contributed by atoms with Crippen LogP contribution in [0.5, 0.6) is 5.75 Å². The van der Waals surface area contributed by atoms with E-state index in [0.717, 1.165) is 14.9 Å². The molecule has 0 aliphatic rings. The molecule has 0 fully saturated rings. The van der Waals surface area contributed by atoms with E-state index in [4.69, 9.17) is 9.47 Å². The van der Waals surface area contributed by atoms with Crippen LogP contribution in [0.2, 0.25) is 0 Å². The van der Waals surface area contributed by atoms with Crippen molar-refractivity contribution in [2.45, 2.75) is 85.2 Å². The van der Waals surface area contributed by atoms with Gasteiger partial charge in [-0.3, -0.25) is 14.2 Å². The lowest BCUT2D eigenvalue weighted by Crippen LogP contribution is -2.42. The second-order valence-electron chi connectivity index (χ2n) is 10.5. The number of ether oxygens (including phenoxy) is 2. The van der Waals surface area contributed by atoms with Gasteiger partial charge in [-0.05, 0) is 82.4 Å². The summed E-state index contributed by atoms with van der Waals surface area (Å²) in [5.41, 5.74) is -0.797. The van der Waals surface area contributed by atoms with Crippen LogP contribution < -0.4 is 5.56 Å². The van der Waals surface area contributed by atoms with Crippen LogP contribution in [0, 0.1) is 6.92 Å². The average Bonchev–Trinajstić information content (AvgIpc) is 3.03. The number of hydrogen-bond acceptors (Lipinski definition) is 6. The SMILES string of the molecule is Cc1c(Br)sc2c1c(O)c(C(C)(C)C(=O)OC(C)(C)C)c(=O)n2C[C@H](OC(C)C)c1ccccc1. The van der Waals surface area contributed by atoms with E-state index in [-0.39, 0.29) is 24.0 Å². The summed E-state index contributed by atoms with van der Waals surface area (Å²) in [6.45, 7) is 14.6. The van der Waals surface area contributed by atoms with Gasteiger partial charge in [0.25, 0.3) is 5.56 Å². The summed E-state index contributed by atoms with van der Waals surface area (Å²) in [5.74, 6) is -0.758. The second-order valence-corrected chi connectivity index (χ2v) is 12.8. The monoisotopic (exact) mass is 563 g/mol. The Kier molecular flexibility index (Phi) is 7.89. The maximum atomic E-state index is 14.0. The highest BCUT2D eigenvalue weighted by molar-refractivity contribution is 9.11. The van der Waals surface area contributed by atoms with Crippen LogP contribution in [0.4, 0.5) is 0 Å². The Morgan fingerprint density at radius 2 is 1.74 bits per heavy atom. The van der Waals surface area contributed by atoms with E-state index in [1.165, 1.54) is 11.3 Å². The van der Waals surface area contributed by atoms with Crippen LogP contribution in [0.3, 0.4) is 0 Å². The lowest BCUT2D eigenvalue weighted by Gasteiger charge is -2.30. The van der Waals surface area contributed by atoms with Crippen molar-refractivity contribution in [3.8, 4) is 5.75 Å². The predicted molar refractivity (Wildman–Crippen MR) is 144 cm³/mol. The van der Waals surface area contributed by atoms with Gasteiger partial charge in [0.15, 0.2) is 0 Å². The van der Waals surface area contributed by atoms with Gasteiger partial charge in [-0.25, -0.2) is 0 Å². The molecule has 0 radical (unpaired) electrons. The highest BCUT2D eigenvalue weighted by Gasteiger charge is 2.41. The number of carbonyl (C=O) groups is 1. The van der Waals surface area contributed by atoms with Crippen LogP contribution in [-0.2, 0) is 26.2 Å². The Bertz CT molecular complexity index is 1290. The van der Waals surface area contributed by atoms with Gasteiger partial charge in [0.05, 0.1) is 32.8 Å². The summed E-state index contributed by atoms with van der Waals surface area (Å²) >= 11 is 4.94. The standard InChI is InChI=1S/C27H34BrNO5S/c1-15(2)33-18(17-12-10-9-11-13-17)14-29-23(31)20(27(7,8)25(32)34-26(4,5)6)21(30)19-16(3)22(28)35-24(19)29/h9-13,15,18,30H,14H2,1-8H3/t18-/m0/s1. The predicted octanol–water partition coefficient (Wildman–Crippen LogP) is 6.63. The summed E-state index contributed by atoms with van der Waals surface area (Å²) in [6.07, 6.45) is -0.474. The molecule has 3 aromatic rings. The van der Waals surface area contributed by atoms with Crippen molar-refractivity contribution in [3.05, 3.63) is 61.2 Å². The number of carbonyl (C=O) groups excluding carboxylic acids is 1. The van der Waals surface area contributed by atoms with Crippen LogP contribution in [-0.4, -0.2) is 27.3 Å². The largest absolute Gasteiger partial charge is 0.507 e. The molecule has 0 saturated heterocycles. The van der Waals surface area contributed by atoms with Gasteiger partial charge < -0.3 is 14.6 Å². The van der Waals surface area contributed by atoms with Gasteiger partial charge >= 0.3 is 5.97 Å². The molecule has 1 N–H and O–H groups in total. The number of rotatable bonds is 7. The molecule has 0 saturated carbocycles. The molecule has 8 heteroatoms. The molecule has 0 aliphatic heterocycles. The molecule has 0 amide bonds. The fourth-order valence-corrected chi connectivity index (χ4v) is 5.72. The van der Waals surface area contributed by atoms with Crippen molar-refractivity contribution in [1.82, 2.24) is 4.57 Å².